The van der Waals surface area contributed by atoms with Crippen molar-refractivity contribution in [1.82, 2.24) is 0 Å². The first kappa shape index (κ1) is 19.5. The Labute approximate surface area is 155 Å². The van der Waals surface area contributed by atoms with Crippen LogP contribution in [0, 0.1) is 35.2 Å². The molecule has 0 radical (unpaired) electrons. The Bertz CT molecular complexity index is 597. The van der Waals surface area contributed by atoms with Gasteiger partial charge in [-0.25, -0.2) is 13.2 Å². The summed E-state index contributed by atoms with van der Waals surface area (Å²) >= 11 is 0. The Kier molecular flexibility index (Phi) is 6.47. The van der Waals surface area contributed by atoms with Crippen LogP contribution in [-0.4, -0.2) is 0 Å². The van der Waals surface area contributed by atoms with Crippen LogP contribution in [0.25, 0.3) is 0 Å². The van der Waals surface area contributed by atoms with Gasteiger partial charge in [-0.2, -0.15) is 0 Å². The third-order valence-corrected chi connectivity index (χ3v) is 6.80. The number of benzene rings is 1. The molecule has 0 atom stereocenters. The molecule has 2 aliphatic carbocycles. The van der Waals surface area contributed by atoms with E-state index in [1.54, 1.807) is 0 Å². The minimum atomic E-state index is -1.37. The van der Waals surface area contributed by atoms with Crippen molar-refractivity contribution in [3.63, 3.8) is 0 Å². The molecule has 1 aromatic carbocycles. The van der Waals surface area contributed by atoms with Gasteiger partial charge in [-0.1, -0.05) is 31.9 Å². The first-order valence-electron chi connectivity index (χ1n) is 10.3. The highest BCUT2D eigenvalue weighted by molar-refractivity contribution is 5.24. The zero-order valence-corrected chi connectivity index (χ0v) is 15.9. The van der Waals surface area contributed by atoms with Gasteiger partial charge in [0.25, 0.3) is 0 Å². The number of allylic oxidation sites excluding steroid dienone is 1. The van der Waals surface area contributed by atoms with E-state index in [1.165, 1.54) is 56.2 Å². The van der Waals surface area contributed by atoms with Crippen molar-refractivity contribution in [3.8, 4) is 0 Å². The Balaban J connectivity index is 1.53. The second kappa shape index (κ2) is 8.63. The van der Waals surface area contributed by atoms with Gasteiger partial charge in [-0.3, -0.25) is 0 Å². The smallest absolute Gasteiger partial charge is 0.194 e. The lowest BCUT2D eigenvalue weighted by molar-refractivity contribution is 0.258. The predicted molar refractivity (Wildman–Crippen MR) is 101 cm³/mol. The fraction of sp³-hybridized carbons (Fsp3) is 0.652. The molecule has 2 aliphatic rings. The largest absolute Gasteiger partial charge is 0.204 e. The molecule has 0 unspecified atom stereocenters. The summed E-state index contributed by atoms with van der Waals surface area (Å²) in [6.07, 6.45) is 11.7. The first-order chi connectivity index (χ1) is 12.5. The van der Waals surface area contributed by atoms with E-state index in [1.807, 2.05) is 0 Å². The molecule has 2 saturated carbocycles. The molecule has 26 heavy (non-hydrogen) atoms. The highest BCUT2D eigenvalue weighted by Crippen LogP contribution is 2.44. The molecular weight excluding hydrogens is 333 g/mol. The highest BCUT2D eigenvalue weighted by Gasteiger charge is 2.30. The van der Waals surface area contributed by atoms with Crippen molar-refractivity contribution in [2.75, 3.05) is 0 Å². The Morgan fingerprint density at radius 1 is 0.885 bits per heavy atom. The molecule has 0 amide bonds. The summed E-state index contributed by atoms with van der Waals surface area (Å²) < 4.78 is 40.2. The summed E-state index contributed by atoms with van der Waals surface area (Å²) in [5.41, 5.74) is 2.01. The summed E-state index contributed by atoms with van der Waals surface area (Å²) in [6, 6.07) is 2.35. The Morgan fingerprint density at radius 2 is 1.38 bits per heavy atom. The minimum absolute atomic E-state index is 0.129. The molecule has 0 spiro atoms. The van der Waals surface area contributed by atoms with Crippen LogP contribution in [0.3, 0.4) is 0 Å². The predicted octanol–water partition coefficient (Wildman–Crippen LogP) is 7.54. The lowest BCUT2D eigenvalue weighted by atomic mass is 9.69. The van der Waals surface area contributed by atoms with E-state index in [0.717, 1.165) is 31.6 Å². The average Bonchev–Trinajstić information content (AvgIpc) is 2.66. The third kappa shape index (κ3) is 4.35. The number of hydrogen-bond acceptors (Lipinski definition) is 0. The molecule has 0 aromatic heterocycles. The molecule has 0 nitrogen and oxygen atoms in total. The minimum Gasteiger partial charge on any atom is -0.204 e. The molecule has 3 rings (SSSR count). The summed E-state index contributed by atoms with van der Waals surface area (Å²) in [6.45, 7) is 6.71. The molecule has 0 aliphatic heterocycles. The highest BCUT2D eigenvalue weighted by atomic mass is 19.2. The number of rotatable bonds is 5. The molecular formula is C23H31F3. The van der Waals surface area contributed by atoms with Crippen molar-refractivity contribution in [3.05, 3.63) is 47.3 Å². The second-order valence-electron chi connectivity index (χ2n) is 8.43. The van der Waals surface area contributed by atoms with Crippen LogP contribution in [0.4, 0.5) is 13.2 Å². The molecule has 144 valence electrons. The molecule has 0 saturated heterocycles. The van der Waals surface area contributed by atoms with Gasteiger partial charge >= 0.3 is 0 Å². The van der Waals surface area contributed by atoms with Crippen molar-refractivity contribution in [2.24, 2.45) is 17.8 Å². The number of halogens is 3. The first-order valence-corrected chi connectivity index (χ1v) is 10.3. The maximum Gasteiger partial charge on any atom is 0.194 e. The van der Waals surface area contributed by atoms with Gasteiger partial charge in [0.15, 0.2) is 17.5 Å². The van der Waals surface area contributed by atoms with Gasteiger partial charge in [0.05, 0.1) is 0 Å². The van der Waals surface area contributed by atoms with Crippen LogP contribution >= 0.6 is 0 Å². The molecule has 0 heterocycles. The van der Waals surface area contributed by atoms with E-state index >= 15 is 0 Å². The lowest BCUT2D eigenvalue weighted by Crippen LogP contribution is -2.22. The van der Waals surface area contributed by atoms with Crippen molar-refractivity contribution in [2.45, 2.75) is 77.0 Å². The van der Waals surface area contributed by atoms with Gasteiger partial charge < -0.3 is 0 Å². The topological polar surface area (TPSA) is 0 Å². The van der Waals surface area contributed by atoms with E-state index in [0.29, 0.717) is 17.4 Å². The van der Waals surface area contributed by atoms with E-state index in [9.17, 15) is 13.2 Å². The summed E-state index contributed by atoms with van der Waals surface area (Å²) in [4.78, 5) is 0. The van der Waals surface area contributed by atoms with E-state index < -0.39 is 17.5 Å². The Morgan fingerprint density at radius 3 is 1.88 bits per heavy atom. The maximum absolute atomic E-state index is 13.5. The third-order valence-electron chi connectivity index (χ3n) is 6.80. The Hall–Kier alpha value is -1.25. The zero-order chi connectivity index (χ0) is 18.7. The van der Waals surface area contributed by atoms with E-state index in [-0.39, 0.29) is 5.92 Å². The summed E-state index contributed by atoms with van der Waals surface area (Å²) in [5.74, 6) is -1.29. The van der Waals surface area contributed by atoms with Gasteiger partial charge in [0.1, 0.15) is 0 Å². The van der Waals surface area contributed by atoms with Crippen molar-refractivity contribution in [1.29, 1.82) is 0 Å². The number of hydrogen-bond donors (Lipinski definition) is 0. The van der Waals surface area contributed by atoms with Crippen LogP contribution in [-0.2, 0) is 0 Å². The van der Waals surface area contributed by atoms with Gasteiger partial charge in [-0.05, 0) is 92.7 Å². The van der Waals surface area contributed by atoms with Crippen molar-refractivity contribution >= 4 is 0 Å². The molecule has 2 fully saturated rings. The summed E-state index contributed by atoms with van der Waals surface area (Å²) in [7, 11) is 0. The van der Waals surface area contributed by atoms with Gasteiger partial charge in [-0.15, -0.1) is 0 Å². The molecule has 0 N–H and O–H groups in total. The average molecular weight is 364 g/mol. The second-order valence-corrected chi connectivity index (χ2v) is 8.43. The van der Waals surface area contributed by atoms with E-state index in [2.05, 4.69) is 13.5 Å². The van der Waals surface area contributed by atoms with Gasteiger partial charge in [0.2, 0.25) is 0 Å². The fourth-order valence-corrected chi connectivity index (χ4v) is 5.17. The fourth-order valence-electron chi connectivity index (χ4n) is 5.17. The van der Waals surface area contributed by atoms with Crippen LogP contribution in [0.5, 0.6) is 0 Å². The van der Waals surface area contributed by atoms with Crippen LogP contribution in [0.1, 0.15) is 82.6 Å². The van der Waals surface area contributed by atoms with Gasteiger partial charge in [0, 0.05) is 0 Å². The van der Waals surface area contributed by atoms with Crippen LogP contribution < -0.4 is 0 Å². The van der Waals surface area contributed by atoms with E-state index in [4.69, 9.17) is 0 Å². The normalized spacial score (nSPS) is 29.5. The van der Waals surface area contributed by atoms with Crippen molar-refractivity contribution < 1.29 is 13.2 Å². The standard InChI is InChI=1S/C23H31F3/c1-3-4-16-5-7-17(8-6-16)15(2)18-9-11-19(12-10-18)20-13-21(24)23(26)22(25)14-20/h13-14,16-19H,2-12H2,1H3. The lowest BCUT2D eigenvalue weighted by Gasteiger charge is -2.36. The molecule has 0 bridgehead atoms. The zero-order valence-electron chi connectivity index (χ0n) is 15.9. The maximum atomic E-state index is 13.5. The van der Waals surface area contributed by atoms with Crippen LogP contribution in [0.15, 0.2) is 24.3 Å². The quantitative estimate of drug-likeness (QED) is 0.374. The monoisotopic (exact) mass is 364 g/mol. The van der Waals surface area contributed by atoms with Crippen LogP contribution in [0.2, 0.25) is 0 Å². The SMILES string of the molecule is C=C(C1CCC(CCC)CC1)C1CCC(c2cc(F)c(F)c(F)c2)CC1. The summed E-state index contributed by atoms with van der Waals surface area (Å²) in [5, 5.41) is 0. The molecule has 3 heteroatoms. The molecule has 1 aromatic rings.